The van der Waals surface area contributed by atoms with Gasteiger partial charge in [0, 0.05) is 17.9 Å². The molecule has 1 heterocycles. The first kappa shape index (κ1) is 11.6. The van der Waals surface area contributed by atoms with Crippen LogP contribution < -0.4 is 5.32 Å². The molecule has 0 saturated carbocycles. The number of amides is 1. The highest BCUT2D eigenvalue weighted by Crippen LogP contribution is 1.97. The minimum atomic E-state index is -0.352. The Morgan fingerprint density at radius 1 is 1.67 bits per heavy atom. The number of carbonyl (C=O) groups is 1. The lowest BCUT2D eigenvalue weighted by molar-refractivity contribution is 0.142. The Hall–Kier alpha value is -1.52. The minimum absolute atomic E-state index is 0.116. The van der Waals surface area contributed by atoms with Crippen LogP contribution in [0, 0.1) is 0 Å². The summed E-state index contributed by atoms with van der Waals surface area (Å²) in [4.78, 5) is 18.0. The van der Waals surface area contributed by atoms with Crippen molar-refractivity contribution >= 4 is 6.09 Å². The molecule has 0 aromatic carbocycles. The fraction of sp³-hybridized carbons (Fsp3) is 0.600. The van der Waals surface area contributed by atoms with Crippen LogP contribution in [-0.4, -0.2) is 28.7 Å². The normalized spacial score (nSPS) is 10.3. The van der Waals surface area contributed by atoms with Gasteiger partial charge in [-0.15, -0.1) is 0 Å². The van der Waals surface area contributed by atoms with Gasteiger partial charge in [-0.05, 0) is 26.7 Å². The third-order valence-corrected chi connectivity index (χ3v) is 1.78. The molecule has 0 aliphatic heterocycles. The number of ether oxygens (including phenoxy) is 1. The van der Waals surface area contributed by atoms with E-state index in [-0.39, 0.29) is 12.1 Å². The molecule has 1 aromatic rings. The lowest BCUT2D eigenvalue weighted by atomic mass is 10.3. The van der Waals surface area contributed by atoms with E-state index in [1.54, 1.807) is 12.5 Å². The van der Waals surface area contributed by atoms with Gasteiger partial charge in [0.2, 0.25) is 0 Å². The van der Waals surface area contributed by atoms with Crippen molar-refractivity contribution in [2.24, 2.45) is 0 Å². The van der Waals surface area contributed by atoms with Gasteiger partial charge in [-0.25, -0.2) is 9.78 Å². The van der Waals surface area contributed by atoms with Crippen LogP contribution in [0.2, 0.25) is 0 Å². The number of carbonyl (C=O) groups excluding carboxylic acids is 1. The zero-order chi connectivity index (χ0) is 11.1. The monoisotopic (exact) mass is 211 g/mol. The smallest absolute Gasteiger partial charge is 0.407 e. The summed E-state index contributed by atoms with van der Waals surface area (Å²) in [6.07, 6.45) is 4.70. The van der Waals surface area contributed by atoms with Crippen LogP contribution in [0.3, 0.4) is 0 Å². The molecule has 5 nitrogen and oxygen atoms in total. The molecule has 0 radical (unpaired) electrons. The Labute approximate surface area is 89.2 Å². The number of aromatic nitrogens is 2. The van der Waals surface area contributed by atoms with Crippen LogP contribution in [0.15, 0.2) is 12.5 Å². The predicted molar refractivity (Wildman–Crippen MR) is 56.5 cm³/mol. The third-order valence-electron chi connectivity index (χ3n) is 1.78. The van der Waals surface area contributed by atoms with Crippen molar-refractivity contribution in [2.45, 2.75) is 32.7 Å². The Balaban J connectivity index is 2.04. The van der Waals surface area contributed by atoms with Gasteiger partial charge in [-0.1, -0.05) is 0 Å². The molecule has 1 amide bonds. The largest absolute Gasteiger partial charge is 0.450 e. The summed E-state index contributed by atoms with van der Waals surface area (Å²) in [5, 5.41) is 2.66. The molecule has 0 atom stereocenters. The van der Waals surface area contributed by atoms with Crippen LogP contribution in [-0.2, 0) is 11.2 Å². The van der Waals surface area contributed by atoms with Gasteiger partial charge in [0.25, 0.3) is 0 Å². The number of aromatic amines is 1. The van der Waals surface area contributed by atoms with Crippen LogP contribution in [0.25, 0.3) is 0 Å². The van der Waals surface area contributed by atoms with E-state index < -0.39 is 0 Å². The van der Waals surface area contributed by atoms with E-state index in [1.165, 1.54) is 0 Å². The first-order valence-electron chi connectivity index (χ1n) is 5.09. The average molecular weight is 211 g/mol. The second-order valence-electron chi connectivity index (χ2n) is 3.62. The van der Waals surface area contributed by atoms with E-state index >= 15 is 0 Å². The second-order valence-corrected chi connectivity index (χ2v) is 3.62. The molecule has 1 aromatic heterocycles. The van der Waals surface area contributed by atoms with Gasteiger partial charge < -0.3 is 15.0 Å². The number of alkyl carbamates (subject to hydrolysis) is 1. The summed E-state index contributed by atoms with van der Waals surface area (Å²) in [5.41, 5.74) is 1.06. The Bertz CT molecular complexity index is 283. The molecule has 0 spiro atoms. The first-order valence-corrected chi connectivity index (χ1v) is 5.09. The van der Waals surface area contributed by atoms with Crippen LogP contribution >= 0.6 is 0 Å². The number of imidazole rings is 1. The maximum absolute atomic E-state index is 11.1. The molecule has 0 aliphatic rings. The van der Waals surface area contributed by atoms with Crippen molar-refractivity contribution in [1.82, 2.24) is 15.3 Å². The molecule has 15 heavy (non-hydrogen) atoms. The van der Waals surface area contributed by atoms with Crippen LogP contribution in [0.1, 0.15) is 26.0 Å². The Morgan fingerprint density at radius 3 is 3.07 bits per heavy atom. The summed E-state index contributed by atoms with van der Waals surface area (Å²) in [5.74, 6) is 0. The van der Waals surface area contributed by atoms with Gasteiger partial charge in [0.15, 0.2) is 0 Å². The standard InChI is InChI=1S/C10H17N3O2/c1-8(2)13-10(14)15-5-3-4-9-6-11-7-12-9/h6-8H,3-5H2,1-2H3,(H,11,12)(H,13,14). The molecule has 84 valence electrons. The van der Waals surface area contributed by atoms with E-state index in [0.29, 0.717) is 6.61 Å². The molecule has 5 heteroatoms. The Morgan fingerprint density at radius 2 is 2.47 bits per heavy atom. The van der Waals surface area contributed by atoms with Gasteiger partial charge in [0.1, 0.15) is 0 Å². The van der Waals surface area contributed by atoms with Crippen molar-refractivity contribution < 1.29 is 9.53 Å². The molecular weight excluding hydrogens is 194 g/mol. The first-order chi connectivity index (χ1) is 7.18. The molecule has 2 N–H and O–H groups in total. The Kier molecular flexibility index (Phi) is 4.66. The number of rotatable bonds is 5. The topological polar surface area (TPSA) is 67.0 Å². The molecule has 0 saturated heterocycles. The van der Waals surface area contributed by atoms with E-state index in [0.717, 1.165) is 18.5 Å². The van der Waals surface area contributed by atoms with Crippen molar-refractivity contribution in [3.63, 3.8) is 0 Å². The summed E-state index contributed by atoms with van der Waals surface area (Å²) in [6, 6.07) is 0.116. The lowest BCUT2D eigenvalue weighted by Gasteiger charge is -2.08. The number of aryl methyl sites for hydroxylation is 1. The number of H-pyrrole nitrogens is 1. The van der Waals surface area contributed by atoms with E-state index in [9.17, 15) is 4.79 Å². The fourth-order valence-corrected chi connectivity index (χ4v) is 1.13. The highest BCUT2D eigenvalue weighted by atomic mass is 16.5. The zero-order valence-corrected chi connectivity index (χ0v) is 9.12. The maximum Gasteiger partial charge on any atom is 0.407 e. The van der Waals surface area contributed by atoms with Crippen molar-refractivity contribution in [3.05, 3.63) is 18.2 Å². The molecule has 1 rings (SSSR count). The maximum atomic E-state index is 11.1. The average Bonchev–Trinajstić information content (AvgIpc) is 2.63. The van der Waals surface area contributed by atoms with Gasteiger partial charge in [0.05, 0.1) is 12.9 Å². The van der Waals surface area contributed by atoms with E-state index in [1.807, 2.05) is 13.8 Å². The summed E-state index contributed by atoms with van der Waals surface area (Å²) < 4.78 is 4.97. The highest BCUT2D eigenvalue weighted by molar-refractivity contribution is 5.67. The number of hydrogen-bond donors (Lipinski definition) is 2. The van der Waals surface area contributed by atoms with Gasteiger partial charge >= 0.3 is 6.09 Å². The van der Waals surface area contributed by atoms with Gasteiger partial charge in [-0.2, -0.15) is 0 Å². The summed E-state index contributed by atoms with van der Waals surface area (Å²) in [6.45, 7) is 4.22. The van der Waals surface area contributed by atoms with E-state index in [4.69, 9.17) is 4.74 Å². The molecule has 0 aliphatic carbocycles. The fourth-order valence-electron chi connectivity index (χ4n) is 1.13. The summed E-state index contributed by atoms with van der Waals surface area (Å²) in [7, 11) is 0. The molecule has 0 fully saturated rings. The van der Waals surface area contributed by atoms with Gasteiger partial charge in [-0.3, -0.25) is 0 Å². The van der Waals surface area contributed by atoms with Crippen molar-refractivity contribution in [1.29, 1.82) is 0 Å². The minimum Gasteiger partial charge on any atom is -0.450 e. The quantitative estimate of drug-likeness (QED) is 0.725. The number of nitrogens with one attached hydrogen (secondary N) is 2. The molecule has 0 unspecified atom stereocenters. The van der Waals surface area contributed by atoms with Crippen molar-refractivity contribution in [3.8, 4) is 0 Å². The number of hydrogen-bond acceptors (Lipinski definition) is 3. The summed E-state index contributed by atoms with van der Waals surface area (Å²) >= 11 is 0. The third kappa shape index (κ3) is 5.05. The predicted octanol–water partition coefficient (Wildman–Crippen LogP) is 1.48. The van der Waals surface area contributed by atoms with Crippen LogP contribution in [0.4, 0.5) is 4.79 Å². The van der Waals surface area contributed by atoms with Crippen LogP contribution in [0.5, 0.6) is 0 Å². The molecular formula is C10H17N3O2. The molecule has 0 bridgehead atoms. The number of nitrogens with zero attached hydrogens (tertiary/aromatic N) is 1. The zero-order valence-electron chi connectivity index (χ0n) is 9.12. The van der Waals surface area contributed by atoms with Crippen molar-refractivity contribution in [2.75, 3.05) is 6.61 Å². The highest BCUT2D eigenvalue weighted by Gasteiger charge is 2.03. The lowest BCUT2D eigenvalue weighted by Crippen LogP contribution is -2.30. The second kappa shape index (κ2) is 6.06. The SMILES string of the molecule is CC(C)NC(=O)OCCCc1cnc[nH]1. The van der Waals surface area contributed by atoms with E-state index in [2.05, 4.69) is 15.3 Å².